The van der Waals surface area contributed by atoms with Crippen LogP contribution < -0.4 is 10.2 Å². The average molecular weight is 380 g/mol. The van der Waals surface area contributed by atoms with Crippen LogP contribution in [0, 0.1) is 0 Å². The SMILES string of the molecule is CN(C(=O)c1ccc(NC=C2C(=O)OC(C)(C)OC2=O)cc1)c1ccccc1. The summed E-state index contributed by atoms with van der Waals surface area (Å²) in [4.78, 5) is 38.0. The number of carbonyl (C=O) groups excluding carboxylic acids is 3. The third kappa shape index (κ3) is 4.20. The van der Waals surface area contributed by atoms with Crippen LogP contribution in [0.15, 0.2) is 66.4 Å². The monoisotopic (exact) mass is 380 g/mol. The summed E-state index contributed by atoms with van der Waals surface area (Å²) in [6, 6.07) is 16.0. The number of carbonyl (C=O) groups is 3. The van der Waals surface area contributed by atoms with Gasteiger partial charge in [0.1, 0.15) is 0 Å². The summed E-state index contributed by atoms with van der Waals surface area (Å²) >= 11 is 0. The minimum absolute atomic E-state index is 0.155. The highest BCUT2D eigenvalue weighted by Gasteiger charge is 2.38. The number of nitrogens with one attached hydrogen (secondary N) is 1. The van der Waals surface area contributed by atoms with Crippen LogP contribution in [0.2, 0.25) is 0 Å². The van der Waals surface area contributed by atoms with E-state index in [1.807, 2.05) is 30.3 Å². The highest BCUT2D eigenvalue weighted by Crippen LogP contribution is 2.23. The van der Waals surface area contributed by atoms with Gasteiger partial charge in [0.15, 0.2) is 5.57 Å². The number of rotatable bonds is 4. The second-order valence-electron chi connectivity index (χ2n) is 6.66. The van der Waals surface area contributed by atoms with Gasteiger partial charge in [-0.3, -0.25) is 4.79 Å². The second kappa shape index (κ2) is 7.56. The van der Waals surface area contributed by atoms with Gasteiger partial charge in [0.2, 0.25) is 0 Å². The lowest BCUT2D eigenvalue weighted by molar-refractivity contribution is -0.222. The molecule has 7 heteroatoms. The second-order valence-corrected chi connectivity index (χ2v) is 6.66. The fourth-order valence-corrected chi connectivity index (χ4v) is 2.61. The number of nitrogens with zero attached hydrogens (tertiary/aromatic N) is 1. The summed E-state index contributed by atoms with van der Waals surface area (Å²) in [7, 11) is 1.70. The van der Waals surface area contributed by atoms with E-state index in [1.165, 1.54) is 20.0 Å². The molecular weight excluding hydrogens is 360 g/mol. The number of hydrogen-bond donors (Lipinski definition) is 1. The maximum absolute atomic E-state index is 12.6. The number of anilines is 2. The number of benzene rings is 2. The normalized spacial score (nSPS) is 15.3. The Morgan fingerprint density at radius 1 is 0.964 bits per heavy atom. The molecule has 1 amide bonds. The van der Waals surface area contributed by atoms with E-state index in [4.69, 9.17) is 9.47 Å². The van der Waals surface area contributed by atoms with Gasteiger partial charge < -0.3 is 19.7 Å². The number of esters is 2. The molecule has 2 aromatic carbocycles. The summed E-state index contributed by atoms with van der Waals surface area (Å²) in [5.74, 6) is -2.95. The van der Waals surface area contributed by atoms with Crippen molar-refractivity contribution in [2.45, 2.75) is 19.6 Å². The van der Waals surface area contributed by atoms with Crippen molar-refractivity contribution in [3.05, 3.63) is 71.9 Å². The topological polar surface area (TPSA) is 84.9 Å². The van der Waals surface area contributed by atoms with Gasteiger partial charge in [0, 0.05) is 44.0 Å². The van der Waals surface area contributed by atoms with Crippen molar-refractivity contribution in [2.75, 3.05) is 17.3 Å². The van der Waals surface area contributed by atoms with Gasteiger partial charge in [-0.2, -0.15) is 0 Å². The van der Waals surface area contributed by atoms with Crippen LogP contribution in [-0.2, 0) is 19.1 Å². The summed E-state index contributed by atoms with van der Waals surface area (Å²) < 4.78 is 10.0. The molecule has 0 radical (unpaired) electrons. The maximum Gasteiger partial charge on any atom is 0.350 e. The first kappa shape index (κ1) is 19.2. The van der Waals surface area contributed by atoms with Crippen LogP contribution in [0.5, 0.6) is 0 Å². The molecule has 1 aliphatic rings. The number of ether oxygens (including phenoxy) is 2. The molecule has 0 atom stereocenters. The van der Waals surface area contributed by atoms with E-state index in [0.717, 1.165) is 5.69 Å². The van der Waals surface area contributed by atoms with E-state index in [1.54, 1.807) is 36.2 Å². The molecule has 2 aromatic rings. The van der Waals surface area contributed by atoms with Crippen molar-refractivity contribution >= 4 is 29.2 Å². The van der Waals surface area contributed by atoms with Gasteiger partial charge in [0.25, 0.3) is 11.7 Å². The molecule has 0 saturated carbocycles. The number of cyclic esters (lactones) is 2. The molecule has 1 fully saturated rings. The molecule has 0 unspecified atom stereocenters. The third-order valence-corrected chi connectivity index (χ3v) is 4.08. The fourth-order valence-electron chi connectivity index (χ4n) is 2.61. The molecule has 7 nitrogen and oxygen atoms in total. The maximum atomic E-state index is 12.6. The molecule has 0 aromatic heterocycles. The Morgan fingerprint density at radius 3 is 2.11 bits per heavy atom. The molecule has 3 rings (SSSR count). The summed E-state index contributed by atoms with van der Waals surface area (Å²) in [6.45, 7) is 2.96. The van der Waals surface area contributed by atoms with Gasteiger partial charge in [-0.25, -0.2) is 9.59 Å². The predicted octanol–water partition coefficient (Wildman–Crippen LogP) is 3.10. The van der Waals surface area contributed by atoms with Gasteiger partial charge in [-0.05, 0) is 36.4 Å². The first-order valence-electron chi connectivity index (χ1n) is 8.63. The predicted molar refractivity (Wildman–Crippen MR) is 104 cm³/mol. The summed E-state index contributed by atoms with van der Waals surface area (Å²) in [5, 5.41) is 2.84. The minimum atomic E-state index is -1.28. The lowest BCUT2D eigenvalue weighted by Crippen LogP contribution is -2.42. The highest BCUT2D eigenvalue weighted by atomic mass is 16.7. The Bertz CT molecular complexity index is 911. The van der Waals surface area contributed by atoms with Crippen LogP contribution >= 0.6 is 0 Å². The average Bonchev–Trinajstić information content (AvgIpc) is 2.66. The number of amides is 1. The number of hydrogen-bond acceptors (Lipinski definition) is 6. The van der Waals surface area contributed by atoms with Crippen molar-refractivity contribution in [1.29, 1.82) is 0 Å². The smallest absolute Gasteiger partial charge is 0.350 e. The van der Waals surface area contributed by atoms with Crippen LogP contribution in [0.3, 0.4) is 0 Å². The molecule has 0 bridgehead atoms. The number of para-hydroxylation sites is 1. The summed E-state index contributed by atoms with van der Waals surface area (Å²) in [5.41, 5.74) is 1.65. The Hall–Kier alpha value is -3.61. The molecule has 1 aliphatic heterocycles. The van der Waals surface area contributed by atoms with Crippen LogP contribution in [0.1, 0.15) is 24.2 Å². The largest absolute Gasteiger partial charge is 0.419 e. The van der Waals surface area contributed by atoms with E-state index in [0.29, 0.717) is 11.3 Å². The minimum Gasteiger partial charge on any atom is -0.419 e. The standard InChI is InChI=1S/C21H20N2O5/c1-21(2)27-19(25)17(20(26)28-21)13-22-15-11-9-14(10-12-15)18(24)23(3)16-7-5-4-6-8-16/h4-13,22H,1-3H3. The van der Waals surface area contributed by atoms with Crippen LogP contribution in [-0.4, -0.2) is 30.7 Å². The molecular formula is C21H20N2O5. The Kier molecular flexibility index (Phi) is 5.17. The van der Waals surface area contributed by atoms with Crippen molar-refractivity contribution in [3.63, 3.8) is 0 Å². The van der Waals surface area contributed by atoms with Crippen LogP contribution in [0.4, 0.5) is 11.4 Å². The first-order valence-corrected chi connectivity index (χ1v) is 8.63. The Morgan fingerprint density at radius 2 is 1.54 bits per heavy atom. The summed E-state index contributed by atoms with van der Waals surface area (Å²) in [6.07, 6.45) is 1.23. The van der Waals surface area contributed by atoms with Crippen LogP contribution in [0.25, 0.3) is 0 Å². The molecule has 0 spiro atoms. The van der Waals surface area contributed by atoms with Crippen molar-refractivity contribution < 1.29 is 23.9 Å². The third-order valence-electron chi connectivity index (χ3n) is 4.08. The molecule has 1 heterocycles. The molecule has 1 N–H and O–H groups in total. The van der Waals surface area contributed by atoms with Crippen molar-refractivity contribution in [3.8, 4) is 0 Å². The zero-order chi connectivity index (χ0) is 20.3. The Labute approximate surface area is 162 Å². The molecule has 144 valence electrons. The molecule has 1 saturated heterocycles. The van der Waals surface area contributed by atoms with E-state index in [9.17, 15) is 14.4 Å². The van der Waals surface area contributed by atoms with Crippen molar-refractivity contribution in [1.82, 2.24) is 0 Å². The van der Waals surface area contributed by atoms with Crippen molar-refractivity contribution in [2.24, 2.45) is 0 Å². The van der Waals surface area contributed by atoms with Gasteiger partial charge in [-0.15, -0.1) is 0 Å². The van der Waals surface area contributed by atoms with E-state index < -0.39 is 17.7 Å². The first-order chi connectivity index (χ1) is 13.3. The zero-order valence-corrected chi connectivity index (χ0v) is 15.8. The van der Waals surface area contributed by atoms with E-state index in [2.05, 4.69) is 5.32 Å². The fraction of sp³-hybridized carbons (Fsp3) is 0.190. The Balaban J connectivity index is 1.69. The lowest BCUT2D eigenvalue weighted by atomic mass is 10.1. The molecule has 0 aliphatic carbocycles. The van der Waals surface area contributed by atoms with Gasteiger partial charge >= 0.3 is 11.9 Å². The van der Waals surface area contributed by atoms with E-state index >= 15 is 0 Å². The quantitative estimate of drug-likeness (QED) is 0.498. The van der Waals surface area contributed by atoms with Gasteiger partial charge in [0.05, 0.1) is 0 Å². The van der Waals surface area contributed by atoms with Gasteiger partial charge in [-0.1, -0.05) is 18.2 Å². The zero-order valence-electron chi connectivity index (χ0n) is 15.8. The van der Waals surface area contributed by atoms with E-state index in [-0.39, 0.29) is 11.5 Å². The molecule has 28 heavy (non-hydrogen) atoms. The lowest BCUT2D eigenvalue weighted by Gasteiger charge is -2.29. The highest BCUT2D eigenvalue weighted by molar-refractivity contribution is 6.15.